The summed E-state index contributed by atoms with van der Waals surface area (Å²) in [6, 6.07) is 0. The maximum atomic E-state index is 5.70. The highest BCUT2D eigenvalue weighted by atomic mass is 16.7. The van der Waals surface area contributed by atoms with Gasteiger partial charge < -0.3 is 9.47 Å². The molecule has 0 aromatic carbocycles. The van der Waals surface area contributed by atoms with Gasteiger partial charge in [0, 0.05) is 13.0 Å². The monoisotopic (exact) mass is 168 g/mol. The average Bonchev–Trinajstić information content (AvgIpc) is 2.44. The van der Waals surface area contributed by atoms with Crippen molar-refractivity contribution in [3.05, 3.63) is 12.2 Å². The molecule has 2 nitrogen and oxygen atoms in total. The van der Waals surface area contributed by atoms with E-state index in [2.05, 4.69) is 6.58 Å². The Bertz CT molecular complexity index is 188. The summed E-state index contributed by atoms with van der Waals surface area (Å²) in [5.74, 6) is 0.573. The zero-order valence-electron chi connectivity index (χ0n) is 7.58. The second kappa shape index (κ2) is 3.19. The summed E-state index contributed by atoms with van der Waals surface area (Å²) in [5.41, 5.74) is 1.15. The number of fused-ring (bicyclic) bond motifs is 1. The number of rotatable bonds is 1. The van der Waals surface area contributed by atoms with E-state index >= 15 is 0 Å². The smallest absolute Gasteiger partial charge is 0.179 e. The zero-order chi connectivity index (χ0) is 8.55. The van der Waals surface area contributed by atoms with E-state index in [4.69, 9.17) is 9.47 Å². The van der Waals surface area contributed by atoms with Crippen LogP contribution in [0.15, 0.2) is 12.2 Å². The Morgan fingerprint density at radius 3 is 2.83 bits per heavy atom. The highest BCUT2D eigenvalue weighted by Gasteiger charge is 2.39. The Labute approximate surface area is 73.5 Å². The molecule has 2 rings (SSSR count). The van der Waals surface area contributed by atoms with Gasteiger partial charge in [-0.05, 0) is 18.4 Å². The minimum absolute atomic E-state index is 0.127. The quantitative estimate of drug-likeness (QED) is 0.558. The lowest BCUT2D eigenvalue weighted by Crippen LogP contribution is -2.20. The van der Waals surface area contributed by atoms with E-state index in [-0.39, 0.29) is 6.29 Å². The third-order valence-corrected chi connectivity index (χ3v) is 2.99. The molecule has 12 heavy (non-hydrogen) atoms. The SMILES string of the molecule is C=C1C(OC)OC2CCCCC12. The van der Waals surface area contributed by atoms with Crippen molar-refractivity contribution in [1.82, 2.24) is 0 Å². The normalized spacial score (nSPS) is 41.4. The molecule has 3 unspecified atom stereocenters. The van der Waals surface area contributed by atoms with Crippen LogP contribution in [0.5, 0.6) is 0 Å². The molecule has 3 atom stereocenters. The van der Waals surface area contributed by atoms with Crippen LogP contribution in [0.1, 0.15) is 25.7 Å². The van der Waals surface area contributed by atoms with Gasteiger partial charge in [0.15, 0.2) is 6.29 Å². The summed E-state index contributed by atoms with van der Waals surface area (Å²) in [7, 11) is 1.69. The van der Waals surface area contributed by atoms with Gasteiger partial charge in [0.05, 0.1) is 6.10 Å². The lowest BCUT2D eigenvalue weighted by molar-refractivity contribution is -0.107. The van der Waals surface area contributed by atoms with E-state index in [1.54, 1.807) is 7.11 Å². The van der Waals surface area contributed by atoms with E-state index in [9.17, 15) is 0 Å². The highest BCUT2D eigenvalue weighted by Crippen LogP contribution is 2.40. The molecule has 0 amide bonds. The molecule has 0 spiro atoms. The van der Waals surface area contributed by atoms with Gasteiger partial charge >= 0.3 is 0 Å². The number of hydrogen-bond acceptors (Lipinski definition) is 2. The van der Waals surface area contributed by atoms with Crippen LogP contribution in [0.25, 0.3) is 0 Å². The molecule has 0 N–H and O–H groups in total. The van der Waals surface area contributed by atoms with Crippen LogP contribution in [-0.4, -0.2) is 19.5 Å². The minimum atomic E-state index is -0.127. The number of ether oxygens (including phenoxy) is 2. The van der Waals surface area contributed by atoms with Crippen molar-refractivity contribution in [1.29, 1.82) is 0 Å². The lowest BCUT2D eigenvalue weighted by Gasteiger charge is -2.23. The molecule has 0 radical (unpaired) electrons. The molecule has 1 heterocycles. The van der Waals surface area contributed by atoms with E-state index in [0.29, 0.717) is 12.0 Å². The fourth-order valence-electron chi connectivity index (χ4n) is 2.31. The van der Waals surface area contributed by atoms with Gasteiger partial charge in [0.1, 0.15) is 0 Å². The highest BCUT2D eigenvalue weighted by molar-refractivity contribution is 5.13. The first-order valence-corrected chi connectivity index (χ1v) is 4.70. The van der Waals surface area contributed by atoms with E-state index < -0.39 is 0 Å². The Balaban J connectivity index is 2.08. The summed E-state index contributed by atoms with van der Waals surface area (Å²) in [4.78, 5) is 0. The second-order valence-corrected chi connectivity index (χ2v) is 3.71. The summed E-state index contributed by atoms with van der Waals surface area (Å²) >= 11 is 0. The average molecular weight is 168 g/mol. The Morgan fingerprint density at radius 2 is 2.17 bits per heavy atom. The molecule has 68 valence electrons. The van der Waals surface area contributed by atoms with Crippen LogP contribution >= 0.6 is 0 Å². The Morgan fingerprint density at radius 1 is 1.42 bits per heavy atom. The largest absolute Gasteiger partial charge is 0.352 e. The molecule has 1 aliphatic heterocycles. The molecule has 1 aliphatic carbocycles. The molecule has 0 aromatic rings. The van der Waals surface area contributed by atoms with Crippen molar-refractivity contribution in [2.75, 3.05) is 7.11 Å². The van der Waals surface area contributed by atoms with E-state index in [0.717, 1.165) is 5.57 Å². The molecule has 0 aromatic heterocycles. The van der Waals surface area contributed by atoms with Crippen LogP contribution in [0.3, 0.4) is 0 Å². The van der Waals surface area contributed by atoms with Crippen LogP contribution < -0.4 is 0 Å². The summed E-state index contributed by atoms with van der Waals surface area (Å²) in [5, 5.41) is 0. The van der Waals surface area contributed by atoms with E-state index in [1.807, 2.05) is 0 Å². The van der Waals surface area contributed by atoms with Crippen molar-refractivity contribution < 1.29 is 9.47 Å². The van der Waals surface area contributed by atoms with Gasteiger partial charge in [-0.1, -0.05) is 19.4 Å². The first kappa shape index (κ1) is 8.27. The topological polar surface area (TPSA) is 18.5 Å². The van der Waals surface area contributed by atoms with Crippen LogP contribution in [0, 0.1) is 5.92 Å². The van der Waals surface area contributed by atoms with Gasteiger partial charge in [-0.15, -0.1) is 0 Å². The Hall–Kier alpha value is -0.340. The van der Waals surface area contributed by atoms with Gasteiger partial charge in [-0.3, -0.25) is 0 Å². The zero-order valence-corrected chi connectivity index (χ0v) is 7.58. The maximum Gasteiger partial charge on any atom is 0.179 e. The van der Waals surface area contributed by atoms with Crippen molar-refractivity contribution in [3.63, 3.8) is 0 Å². The molecule has 2 aliphatic rings. The predicted octanol–water partition coefficient (Wildman–Crippen LogP) is 2.10. The molecular formula is C10H16O2. The third kappa shape index (κ3) is 1.19. The maximum absolute atomic E-state index is 5.70. The minimum Gasteiger partial charge on any atom is -0.352 e. The third-order valence-electron chi connectivity index (χ3n) is 2.99. The molecule has 0 bridgehead atoms. The molecule has 1 saturated heterocycles. The van der Waals surface area contributed by atoms with Gasteiger partial charge in [0.25, 0.3) is 0 Å². The van der Waals surface area contributed by atoms with Crippen molar-refractivity contribution in [3.8, 4) is 0 Å². The van der Waals surface area contributed by atoms with Gasteiger partial charge in [0.2, 0.25) is 0 Å². The summed E-state index contributed by atoms with van der Waals surface area (Å²) in [6.45, 7) is 4.04. The standard InChI is InChI=1S/C10H16O2/c1-7-8-5-3-4-6-9(8)12-10(7)11-2/h8-10H,1,3-6H2,2H3. The number of methoxy groups -OCH3 is 1. The first-order valence-electron chi connectivity index (χ1n) is 4.70. The Kier molecular flexibility index (Phi) is 2.20. The summed E-state index contributed by atoms with van der Waals surface area (Å²) in [6.07, 6.45) is 5.31. The lowest BCUT2D eigenvalue weighted by atomic mass is 9.84. The van der Waals surface area contributed by atoms with E-state index in [1.165, 1.54) is 25.7 Å². The van der Waals surface area contributed by atoms with Gasteiger partial charge in [-0.25, -0.2) is 0 Å². The van der Waals surface area contributed by atoms with Crippen molar-refractivity contribution in [2.24, 2.45) is 5.92 Å². The van der Waals surface area contributed by atoms with Crippen molar-refractivity contribution >= 4 is 0 Å². The molecule has 1 saturated carbocycles. The molecule has 2 heteroatoms. The number of hydrogen-bond donors (Lipinski definition) is 0. The second-order valence-electron chi connectivity index (χ2n) is 3.71. The fraction of sp³-hybridized carbons (Fsp3) is 0.800. The van der Waals surface area contributed by atoms with Gasteiger partial charge in [-0.2, -0.15) is 0 Å². The van der Waals surface area contributed by atoms with Crippen LogP contribution in [0.4, 0.5) is 0 Å². The molecule has 2 fully saturated rings. The predicted molar refractivity (Wildman–Crippen MR) is 46.8 cm³/mol. The summed E-state index contributed by atoms with van der Waals surface area (Å²) < 4.78 is 10.9. The van der Waals surface area contributed by atoms with Crippen molar-refractivity contribution in [2.45, 2.75) is 38.1 Å². The molecular weight excluding hydrogens is 152 g/mol. The van der Waals surface area contributed by atoms with Crippen LogP contribution in [0.2, 0.25) is 0 Å². The van der Waals surface area contributed by atoms with Crippen LogP contribution in [-0.2, 0) is 9.47 Å². The fourth-order valence-corrected chi connectivity index (χ4v) is 2.31. The first-order chi connectivity index (χ1) is 5.83.